The Morgan fingerprint density at radius 1 is 1.00 bits per heavy atom. The predicted octanol–water partition coefficient (Wildman–Crippen LogP) is 4.54. The van der Waals surface area contributed by atoms with E-state index >= 15 is 0 Å². The Hall–Kier alpha value is 0.580. The third-order valence-electron chi connectivity index (χ3n) is 1.91. The molecule has 0 amide bonds. The minimum absolute atomic E-state index is 0.465. The lowest BCUT2D eigenvalue weighted by Gasteiger charge is -2.16. The quantitative estimate of drug-likeness (QED) is 0.433. The van der Waals surface area contributed by atoms with Gasteiger partial charge in [-0.15, -0.1) is 23.2 Å². The summed E-state index contributed by atoms with van der Waals surface area (Å²) in [5, 5.41) is 0. The molecule has 0 aliphatic heterocycles. The topological polar surface area (TPSA) is 0 Å². The average Bonchev–Trinajstić information content (AvgIpc) is 1.99. The second kappa shape index (κ2) is 6.14. The van der Waals surface area contributed by atoms with Crippen LogP contribution in [0.1, 0.15) is 52.4 Å². The van der Waals surface area contributed by atoms with Gasteiger partial charge in [-0.3, -0.25) is 0 Å². The zero-order valence-corrected chi connectivity index (χ0v) is 9.01. The van der Waals surface area contributed by atoms with Crippen molar-refractivity contribution < 1.29 is 0 Å². The van der Waals surface area contributed by atoms with Crippen molar-refractivity contribution in [1.82, 2.24) is 0 Å². The van der Waals surface area contributed by atoms with Gasteiger partial charge >= 0.3 is 0 Å². The second-order valence-electron chi connectivity index (χ2n) is 3.02. The van der Waals surface area contributed by atoms with E-state index in [0.717, 1.165) is 19.3 Å². The van der Waals surface area contributed by atoms with Gasteiger partial charge in [0.05, 0.1) is 0 Å². The first kappa shape index (κ1) is 11.6. The van der Waals surface area contributed by atoms with Gasteiger partial charge in [-0.2, -0.15) is 0 Å². The first-order valence-corrected chi connectivity index (χ1v) is 5.26. The fourth-order valence-electron chi connectivity index (χ4n) is 0.987. The van der Waals surface area contributed by atoms with E-state index in [1.807, 2.05) is 6.92 Å². The molecule has 0 bridgehead atoms. The molecule has 11 heavy (non-hydrogen) atoms. The van der Waals surface area contributed by atoms with Crippen LogP contribution in [-0.2, 0) is 0 Å². The lowest BCUT2D eigenvalue weighted by Crippen LogP contribution is -2.09. The summed E-state index contributed by atoms with van der Waals surface area (Å²) < 4.78 is -0.465. The maximum absolute atomic E-state index is 5.97. The molecular formula is C9H18Cl2. The maximum atomic E-state index is 5.97. The lowest BCUT2D eigenvalue weighted by atomic mass is 10.1. The molecule has 0 spiro atoms. The molecule has 0 unspecified atom stereocenters. The summed E-state index contributed by atoms with van der Waals surface area (Å²) in [6, 6.07) is 0. The molecule has 0 saturated heterocycles. The zero-order valence-electron chi connectivity index (χ0n) is 7.50. The van der Waals surface area contributed by atoms with Crippen LogP contribution in [0.5, 0.6) is 0 Å². The third kappa shape index (κ3) is 6.96. The Labute approximate surface area is 80.3 Å². The highest BCUT2D eigenvalue weighted by Gasteiger charge is 2.19. The Morgan fingerprint density at radius 3 is 2.09 bits per heavy atom. The van der Waals surface area contributed by atoms with E-state index in [-0.39, 0.29) is 0 Å². The highest BCUT2D eigenvalue weighted by molar-refractivity contribution is 6.48. The molecule has 0 nitrogen and oxygen atoms in total. The molecule has 0 saturated carbocycles. The van der Waals surface area contributed by atoms with Gasteiger partial charge in [-0.25, -0.2) is 0 Å². The van der Waals surface area contributed by atoms with E-state index in [9.17, 15) is 0 Å². The Balaban J connectivity index is 3.23. The highest BCUT2D eigenvalue weighted by Crippen LogP contribution is 2.30. The van der Waals surface area contributed by atoms with Crippen molar-refractivity contribution in [1.29, 1.82) is 0 Å². The zero-order chi connectivity index (χ0) is 8.74. The normalized spacial score (nSPS) is 12.0. The summed E-state index contributed by atoms with van der Waals surface area (Å²) in [5.74, 6) is 0. The van der Waals surface area contributed by atoms with Gasteiger partial charge < -0.3 is 0 Å². The molecule has 0 aromatic carbocycles. The number of halogens is 2. The third-order valence-corrected chi connectivity index (χ3v) is 2.83. The molecule has 0 aliphatic carbocycles. The molecule has 0 heterocycles. The van der Waals surface area contributed by atoms with Crippen LogP contribution in [0.25, 0.3) is 0 Å². The van der Waals surface area contributed by atoms with Crippen LogP contribution in [0, 0.1) is 0 Å². The maximum Gasteiger partial charge on any atom is 0.118 e. The van der Waals surface area contributed by atoms with Gasteiger partial charge in [0.25, 0.3) is 0 Å². The van der Waals surface area contributed by atoms with Crippen molar-refractivity contribution in [3.8, 4) is 0 Å². The minimum atomic E-state index is -0.465. The summed E-state index contributed by atoms with van der Waals surface area (Å²) in [6.45, 7) is 4.23. The van der Waals surface area contributed by atoms with Crippen molar-refractivity contribution in [2.75, 3.05) is 0 Å². The van der Waals surface area contributed by atoms with Crippen LogP contribution in [0.2, 0.25) is 0 Å². The second-order valence-corrected chi connectivity index (χ2v) is 4.66. The first-order chi connectivity index (χ1) is 5.12. The molecule has 0 fully saturated rings. The van der Waals surface area contributed by atoms with Gasteiger partial charge in [0, 0.05) is 0 Å². The Kier molecular flexibility index (Phi) is 6.46. The largest absolute Gasteiger partial charge is 0.118 e. The van der Waals surface area contributed by atoms with Crippen molar-refractivity contribution in [3.05, 3.63) is 0 Å². The molecule has 0 N–H and O–H groups in total. The van der Waals surface area contributed by atoms with Crippen LogP contribution in [0.4, 0.5) is 0 Å². The Morgan fingerprint density at radius 2 is 1.64 bits per heavy atom. The summed E-state index contributed by atoms with van der Waals surface area (Å²) in [7, 11) is 0. The van der Waals surface area contributed by atoms with Crippen molar-refractivity contribution in [2.24, 2.45) is 0 Å². The number of hydrogen-bond donors (Lipinski definition) is 0. The van der Waals surface area contributed by atoms with Crippen LogP contribution < -0.4 is 0 Å². The van der Waals surface area contributed by atoms with Crippen LogP contribution >= 0.6 is 23.2 Å². The number of hydrogen-bond acceptors (Lipinski definition) is 0. The monoisotopic (exact) mass is 196 g/mol. The number of rotatable bonds is 6. The molecule has 0 rings (SSSR count). The molecule has 0 aromatic heterocycles. The van der Waals surface area contributed by atoms with Crippen LogP contribution in [-0.4, -0.2) is 4.33 Å². The van der Waals surface area contributed by atoms with Gasteiger partial charge in [0.2, 0.25) is 0 Å². The molecule has 0 aromatic rings. The summed E-state index contributed by atoms with van der Waals surface area (Å²) in [4.78, 5) is 0. The fourth-order valence-corrected chi connectivity index (χ4v) is 1.25. The van der Waals surface area contributed by atoms with E-state index in [1.165, 1.54) is 19.3 Å². The molecule has 2 heteroatoms. The Bertz CT molecular complexity index is 89.6. The van der Waals surface area contributed by atoms with Gasteiger partial charge in [0.1, 0.15) is 4.33 Å². The highest BCUT2D eigenvalue weighted by atomic mass is 35.5. The number of alkyl halides is 2. The molecular weight excluding hydrogens is 179 g/mol. The SMILES string of the molecule is CCCCCCC(Cl)(Cl)CC. The summed E-state index contributed by atoms with van der Waals surface area (Å²) in [6.07, 6.45) is 6.78. The van der Waals surface area contributed by atoms with Gasteiger partial charge in [0.15, 0.2) is 0 Å². The predicted molar refractivity (Wildman–Crippen MR) is 53.5 cm³/mol. The van der Waals surface area contributed by atoms with Crippen molar-refractivity contribution in [2.45, 2.75) is 56.7 Å². The summed E-state index contributed by atoms with van der Waals surface area (Å²) >= 11 is 11.9. The first-order valence-electron chi connectivity index (χ1n) is 4.50. The minimum Gasteiger partial charge on any atom is -0.102 e. The molecule has 68 valence electrons. The van der Waals surface area contributed by atoms with Gasteiger partial charge in [-0.1, -0.05) is 39.5 Å². The molecule has 0 radical (unpaired) electrons. The average molecular weight is 197 g/mol. The van der Waals surface area contributed by atoms with Crippen molar-refractivity contribution >= 4 is 23.2 Å². The number of unbranched alkanes of at least 4 members (excludes halogenated alkanes) is 3. The molecule has 0 atom stereocenters. The standard InChI is InChI=1S/C9H18Cl2/c1-3-5-6-7-8-9(10,11)4-2/h3-8H2,1-2H3. The van der Waals surface area contributed by atoms with Crippen molar-refractivity contribution in [3.63, 3.8) is 0 Å². The molecule has 0 aliphatic rings. The van der Waals surface area contributed by atoms with E-state index in [4.69, 9.17) is 23.2 Å². The summed E-state index contributed by atoms with van der Waals surface area (Å²) in [5.41, 5.74) is 0. The van der Waals surface area contributed by atoms with Crippen LogP contribution in [0.3, 0.4) is 0 Å². The lowest BCUT2D eigenvalue weighted by molar-refractivity contribution is 0.579. The van der Waals surface area contributed by atoms with E-state index < -0.39 is 4.33 Å². The van der Waals surface area contributed by atoms with E-state index in [1.54, 1.807) is 0 Å². The van der Waals surface area contributed by atoms with Crippen LogP contribution in [0.15, 0.2) is 0 Å². The fraction of sp³-hybridized carbons (Fsp3) is 1.00. The van der Waals surface area contributed by atoms with Gasteiger partial charge in [-0.05, 0) is 12.8 Å². The van der Waals surface area contributed by atoms with E-state index in [0.29, 0.717) is 0 Å². The van der Waals surface area contributed by atoms with E-state index in [2.05, 4.69) is 6.92 Å². The smallest absolute Gasteiger partial charge is 0.102 e.